The summed E-state index contributed by atoms with van der Waals surface area (Å²) in [6.45, 7) is 3.56. The van der Waals surface area contributed by atoms with Gasteiger partial charge in [0.05, 0.1) is 6.04 Å². The summed E-state index contributed by atoms with van der Waals surface area (Å²) in [6.07, 6.45) is 2.03. The second kappa shape index (κ2) is 9.97. The quantitative estimate of drug-likeness (QED) is 0.703. The number of carbonyl (C=O) groups is 2. The van der Waals surface area contributed by atoms with E-state index in [2.05, 4.69) is 5.32 Å². The van der Waals surface area contributed by atoms with E-state index in [-0.39, 0.29) is 24.3 Å². The van der Waals surface area contributed by atoms with Gasteiger partial charge in [-0.3, -0.25) is 4.79 Å². The van der Waals surface area contributed by atoms with Crippen molar-refractivity contribution in [2.45, 2.75) is 39.2 Å². The first-order chi connectivity index (χ1) is 12.5. The molecular weight excluding hydrogens is 350 g/mol. The van der Waals surface area contributed by atoms with Crippen LogP contribution in [0, 0.1) is 0 Å². The van der Waals surface area contributed by atoms with Crippen LogP contribution in [-0.4, -0.2) is 18.3 Å². The zero-order chi connectivity index (χ0) is 18.9. The second-order valence-electron chi connectivity index (χ2n) is 6.21. The Kier molecular flexibility index (Phi) is 7.67. The van der Waals surface area contributed by atoms with Gasteiger partial charge in [0.15, 0.2) is 6.61 Å². The lowest BCUT2D eigenvalue weighted by molar-refractivity contribution is -0.124. The van der Waals surface area contributed by atoms with Crippen LogP contribution >= 0.6 is 11.6 Å². The third-order valence-corrected chi connectivity index (χ3v) is 4.33. The minimum atomic E-state index is -0.174. The SMILES string of the molecule is CCC(NC(=O)COc1ccc(CCC(C)=O)cc1)c1ccc(Cl)cc1. The largest absolute Gasteiger partial charge is 0.484 e. The topological polar surface area (TPSA) is 55.4 Å². The predicted molar refractivity (Wildman–Crippen MR) is 104 cm³/mol. The highest BCUT2D eigenvalue weighted by Crippen LogP contribution is 2.19. The van der Waals surface area contributed by atoms with E-state index in [9.17, 15) is 9.59 Å². The molecule has 2 aromatic carbocycles. The lowest BCUT2D eigenvalue weighted by atomic mass is 10.0. The molecule has 2 rings (SSSR count). The van der Waals surface area contributed by atoms with Crippen molar-refractivity contribution in [2.24, 2.45) is 0 Å². The molecule has 1 amide bonds. The number of ether oxygens (including phenoxy) is 1. The molecule has 0 radical (unpaired) electrons. The van der Waals surface area contributed by atoms with Gasteiger partial charge in [0.1, 0.15) is 11.5 Å². The Morgan fingerprint density at radius 3 is 2.31 bits per heavy atom. The number of hydrogen-bond donors (Lipinski definition) is 1. The molecule has 0 aliphatic rings. The fraction of sp³-hybridized carbons (Fsp3) is 0.333. The van der Waals surface area contributed by atoms with Crippen molar-refractivity contribution in [2.75, 3.05) is 6.61 Å². The summed E-state index contributed by atoms with van der Waals surface area (Å²) < 4.78 is 5.55. The first-order valence-corrected chi connectivity index (χ1v) is 9.11. The number of carbonyl (C=O) groups excluding carboxylic acids is 2. The van der Waals surface area contributed by atoms with Crippen molar-refractivity contribution in [3.63, 3.8) is 0 Å². The normalized spacial score (nSPS) is 11.7. The molecule has 5 heteroatoms. The number of aryl methyl sites for hydroxylation is 1. The van der Waals surface area contributed by atoms with Gasteiger partial charge in [0.25, 0.3) is 5.91 Å². The molecule has 0 heterocycles. The summed E-state index contributed by atoms with van der Waals surface area (Å²) in [7, 11) is 0. The number of rotatable bonds is 9. The third kappa shape index (κ3) is 6.52. The van der Waals surface area contributed by atoms with E-state index >= 15 is 0 Å². The number of halogens is 1. The van der Waals surface area contributed by atoms with E-state index in [4.69, 9.17) is 16.3 Å². The minimum absolute atomic E-state index is 0.0448. The highest BCUT2D eigenvalue weighted by Gasteiger charge is 2.13. The summed E-state index contributed by atoms with van der Waals surface area (Å²) in [5.41, 5.74) is 2.09. The van der Waals surface area contributed by atoms with E-state index in [1.165, 1.54) is 0 Å². The average molecular weight is 374 g/mol. The van der Waals surface area contributed by atoms with Crippen LogP contribution in [0.15, 0.2) is 48.5 Å². The molecule has 4 nitrogen and oxygen atoms in total. The van der Waals surface area contributed by atoms with Gasteiger partial charge in [0, 0.05) is 11.4 Å². The van der Waals surface area contributed by atoms with E-state index in [1.807, 2.05) is 55.5 Å². The van der Waals surface area contributed by atoms with Crippen LogP contribution in [0.25, 0.3) is 0 Å². The maximum absolute atomic E-state index is 12.2. The molecule has 0 fully saturated rings. The maximum Gasteiger partial charge on any atom is 0.258 e. The van der Waals surface area contributed by atoms with Crippen molar-refractivity contribution in [3.05, 3.63) is 64.7 Å². The first-order valence-electron chi connectivity index (χ1n) is 8.74. The zero-order valence-electron chi connectivity index (χ0n) is 15.1. The molecule has 0 aliphatic heterocycles. The summed E-state index contributed by atoms with van der Waals surface area (Å²) in [5.74, 6) is 0.631. The van der Waals surface area contributed by atoms with Crippen LogP contribution in [0.2, 0.25) is 5.02 Å². The van der Waals surface area contributed by atoms with E-state index in [0.717, 1.165) is 24.0 Å². The van der Waals surface area contributed by atoms with E-state index in [0.29, 0.717) is 17.2 Å². The molecule has 0 spiro atoms. The summed E-state index contributed by atoms with van der Waals surface area (Å²) in [5, 5.41) is 3.64. The van der Waals surface area contributed by atoms with Crippen LogP contribution in [0.4, 0.5) is 0 Å². The van der Waals surface area contributed by atoms with Crippen molar-refractivity contribution < 1.29 is 14.3 Å². The Balaban J connectivity index is 1.83. The maximum atomic E-state index is 12.2. The van der Waals surface area contributed by atoms with Crippen LogP contribution in [0.5, 0.6) is 5.75 Å². The van der Waals surface area contributed by atoms with Crippen LogP contribution in [-0.2, 0) is 16.0 Å². The molecule has 2 aromatic rings. The molecular formula is C21H24ClNO3. The highest BCUT2D eigenvalue weighted by molar-refractivity contribution is 6.30. The molecule has 0 aromatic heterocycles. The van der Waals surface area contributed by atoms with Gasteiger partial charge in [-0.05, 0) is 55.2 Å². The van der Waals surface area contributed by atoms with Crippen LogP contribution < -0.4 is 10.1 Å². The Labute approximate surface area is 159 Å². The van der Waals surface area contributed by atoms with Crippen molar-refractivity contribution in [1.29, 1.82) is 0 Å². The lowest BCUT2D eigenvalue weighted by Gasteiger charge is -2.18. The molecule has 1 N–H and O–H groups in total. The molecule has 0 saturated heterocycles. The molecule has 0 saturated carbocycles. The average Bonchev–Trinajstić information content (AvgIpc) is 2.64. The molecule has 0 bridgehead atoms. The second-order valence-corrected chi connectivity index (χ2v) is 6.65. The minimum Gasteiger partial charge on any atom is -0.484 e. The number of amides is 1. The monoisotopic (exact) mass is 373 g/mol. The van der Waals surface area contributed by atoms with Gasteiger partial charge in [0.2, 0.25) is 0 Å². The Bertz CT molecular complexity index is 726. The van der Waals surface area contributed by atoms with Gasteiger partial charge >= 0.3 is 0 Å². The van der Waals surface area contributed by atoms with Gasteiger partial charge in [-0.1, -0.05) is 42.8 Å². The zero-order valence-corrected chi connectivity index (χ0v) is 15.9. The molecule has 0 aliphatic carbocycles. The number of nitrogens with one attached hydrogen (secondary N) is 1. The van der Waals surface area contributed by atoms with Crippen molar-refractivity contribution in [3.8, 4) is 5.75 Å². The van der Waals surface area contributed by atoms with Gasteiger partial charge in [-0.2, -0.15) is 0 Å². The van der Waals surface area contributed by atoms with Gasteiger partial charge in [-0.15, -0.1) is 0 Å². The molecule has 1 atom stereocenters. The van der Waals surface area contributed by atoms with Gasteiger partial charge in [-0.25, -0.2) is 0 Å². The Hall–Kier alpha value is -2.33. The fourth-order valence-electron chi connectivity index (χ4n) is 2.57. The first kappa shape index (κ1) is 20.0. The summed E-state index contributed by atoms with van der Waals surface area (Å²) >= 11 is 5.91. The third-order valence-electron chi connectivity index (χ3n) is 4.07. The van der Waals surface area contributed by atoms with Crippen molar-refractivity contribution >= 4 is 23.3 Å². The fourth-order valence-corrected chi connectivity index (χ4v) is 2.70. The molecule has 26 heavy (non-hydrogen) atoms. The van der Waals surface area contributed by atoms with Crippen LogP contribution in [0.1, 0.15) is 43.9 Å². The van der Waals surface area contributed by atoms with Crippen LogP contribution in [0.3, 0.4) is 0 Å². The Morgan fingerprint density at radius 1 is 1.08 bits per heavy atom. The number of Topliss-reactive ketones (excluding diaryl/α,β-unsaturated/α-hetero) is 1. The standard InChI is InChI=1S/C21H24ClNO3/c1-3-20(17-8-10-18(22)11-9-17)23-21(25)14-26-19-12-6-16(7-13-19)5-4-15(2)24/h6-13,20H,3-5,14H2,1-2H3,(H,23,25). The van der Waals surface area contributed by atoms with E-state index in [1.54, 1.807) is 6.92 Å². The number of hydrogen-bond acceptors (Lipinski definition) is 3. The van der Waals surface area contributed by atoms with Gasteiger partial charge < -0.3 is 14.8 Å². The number of ketones is 1. The summed E-state index contributed by atoms with van der Waals surface area (Å²) in [4.78, 5) is 23.2. The predicted octanol–water partition coefficient (Wildman–Crippen LogP) is 4.51. The molecule has 1 unspecified atom stereocenters. The Morgan fingerprint density at radius 2 is 1.73 bits per heavy atom. The number of benzene rings is 2. The molecule has 138 valence electrons. The highest BCUT2D eigenvalue weighted by atomic mass is 35.5. The lowest BCUT2D eigenvalue weighted by Crippen LogP contribution is -2.32. The van der Waals surface area contributed by atoms with E-state index < -0.39 is 0 Å². The summed E-state index contributed by atoms with van der Waals surface area (Å²) in [6, 6.07) is 14.9. The smallest absolute Gasteiger partial charge is 0.258 e. The van der Waals surface area contributed by atoms with Crippen molar-refractivity contribution in [1.82, 2.24) is 5.32 Å².